The number of benzene rings is 1. The summed E-state index contributed by atoms with van der Waals surface area (Å²) in [6.07, 6.45) is 1.74. The Kier molecular flexibility index (Phi) is 5.53. The standard InChI is InChI=1S/C18H25FN4O2/c1-21(18(25)13-23-11-8-20-12-17(23)24)15-6-9-22(10-7-15)16-4-2-14(19)3-5-16/h2-5,15,20H,6-13H2,1H3. The van der Waals surface area contributed by atoms with E-state index in [1.54, 1.807) is 21.9 Å². The molecular weight excluding hydrogens is 323 g/mol. The van der Waals surface area contributed by atoms with Gasteiger partial charge >= 0.3 is 0 Å². The molecule has 2 fully saturated rings. The van der Waals surface area contributed by atoms with Crippen LogP contribution in [0.2, 0.25) is 0 Å². The van der Waals surface area contributed by atoms with Crippen LogP contribution in [0, 0.1) is 5.82 Å². The number of hydrogen-bond donors (Lipinski definition) is 1. The number of nitrogens with zero attached hydrogens (tertiary/aromatic N) is 3. The van der Waals surface area contributed by atoms with E-state index in [-0.39, 0.29) is 30.2 Å². The van der Waals surface area contributed by atoms with Crippen LogP contribution < -0.4 is 10.2 Å². The zero-order valence-corrected chi connectivity index (χ0v) is 14.6. The molecule has 2 saturated heterocycles. The minimum Gasteiger partial charge on any atom is -0.371 e. The predicted molar refractivity (Wildman–Crippen MR) is 93.9 cm³/mol. The van der Waals surface area contributed by atoms with Crippen molar-refractivity contribution in [2.75, 3.05) is 51.2 Å². The number of anilines is 1. The SMILES string of the molecule is CN(C(=O)CN1CCNCC1=O)C1CCN(c2ccc(F)cc2)CC1. The molecule has 0 atom stereocenters. The van der Waals surface area contributed by atoms with Crippen LogP contribution in [-0.2, 0) is 9.59 Å². The Morgan fingerprint density at radius 1 is 1.24 bits per heavy atom. The number of amides is 2. The minimum absolute atomic E-state index is 0.00418. The van der Waals surface area contributed by atoms with Gasteiger partial charge in [-0.3, -0.25) is 9.59 Å². The maximum Gasteiger partial charge on any atom is 0.242 e. The Morgan fingerprint density at radius 2 is 1.92 bits per heavy atom. The van der Waals surface area contributed by atoms with Crippen LogP contribution in [0.15, 0.2) is 24.3 Å². The van der Waals surface area contributed by atoms with Crippen LogP contribution in [-0.4, -0.2) is 74.0 Å². The van der Waals surface area contributed by atoms with E-state index in [9.17, 15) is 14.0 Å². The van der Waals surface area contributed by atoms with Gasteiger partial charge in [0.25, 0.3) is 0 Å². The average Bonchev–Trinajstić information content (AvgIpc) is 2.64. The Bertz CT molecular complexity index is 614. The Labute approximate surface area is 147 Å². The molecule has 0 unspecified atom stereocenters. The molecule has 2 aliphatic rings. The molecule has 0 bridgehead atoms. The van der Waals surface area contributed by atoms with Crippen LogP contribution in [0.5, 0.6) is 0 Å². The summed E-state index contributed by atoms with van der Waals surface area (Å²) in [5, 5.41) is 3.01. The molecule has 0 radical (unpaired) electrons. The quantitative estimate of drug-likeness (QED) is 0.870. The fourth-order valence-corrected chi connectivity index (χ4v) is 3.45. The molecule has 0 saturated carbocycles. The summed E-state index contributed by atoms with van der Waals surface area (Å²) in [7, 11) is 1.83. The Morgan fingerprint density at radius 3 is 2.56 bits per heavy atom. The van der Waals surface area contributed by atoms with Crippen LogP contribution in [0.1, 0.15) is 12.8 Å². The first-order valence-electron chi connectivity index (χ1n) is 8.79. The van der Waals surface area contributed by atoms with Gasteiger partial charge in [0.1, 0.15) is 5.82 Å². The second kappa shape index (κ2) is 7.82. The smallest absolute Gasteiger partial charge is 0.242 e. The first-order chi connectivity index (χ1) is 12.0. The lowest BCUT2D eigenvalue weighted by Gasteiger charge is -2.38. The number of likely N-dealkylation sites (N-methyl/N-ethyl adjacent to an activating group) is 1. The summed E-state index contributed by atoms with van der Waals surface area (Å²) in [5.74, 6) is -0.249. The van der Waals surface area contributed by atoms with Crippen molar-refractivity contribution in [2.24, 2.45) is 0 Å². The van der Waals surface area contributed by atoms with Gasteiger partial charge in [0, 0.05) is 45.0 Å². The first-order valence-corrected chi connectivity index (χ1v) is 8.79. The largest absolute Gasteiger partial charge is 0.371 e. The van der Waals surface area contributed by atoms with E-state index in [0.717, 1.165) is 38.2 Å². The average molecular weight is 348 g/mol. The van der Waals surface area contributed by atoms with Crippen molar-refractivity contribution in [3.05, 3.63) is 30.1 Å². The number of piperazine rings is 1. The monoisotopic (exact) mass is 348 g/mol. The molecule has 0 aromatic heterocycles. The molecular formula is C18H25FN4O2. The van der Waals surface area contributed by atoms with Crippen LogP contribution in [0.4, 0.5) is 10.1 Å². The highest BCUT2D eigenvalue weighted by molar-refractivity contribution is 5.86. The van der Waals surface area contributed by atoms with Crippen molar-refractivity contribution in [1.82, 2.24) is 15.1 Å². The summed E-state index contributed by atoms with van der Waals surface area (Å²) in [4.78, 5) is 29.9. The lowest BCUT2D eigenvalue weighted by Crippen LogP contribution is -2.53. The number of carbonyl (C=O) groups excluding carboxylic acids is 2. The molecule has 7 heteroatoms. The van der Waals surface area contributed by atoms with Gasteiger partial charge in [-0.15, -0.1) is 0 Å². The third kappa shape index (κ3) is 4.28. The summed E-state index contributed by atoms with van der Waals surface area (Å²) in [6.45, 7) is 3.46. The van der Waals surface area contributed by atoms with Crippen molar-refractivity contribution >= 4 is 17.5 Å². The fraction of sp³-hybridized carbons (Fsp3) is 0.556. The lowest BCUT2D eigenvalue weighted by atomic mass is 10.0. The normalized spacial score (nSPS) is 19.2. The topological polar surface area (TPSA) is 55.9 Å². The molecule has 136 valence electrons. The van der Waals surface area contributed by atoms with E-state index in [1.807, 2.05) is 7.05 Å². The van der Waals surface area contributed by atoms with Gasteiger partial charge in [0.15, 0.2) is 0 Å². The molecule has 1 aromatic rings. The number of nitrogens with one attached hydrogen (secondary N) is 1. The number of hydrogen-bond acceptors (Lipinski definition) is 4. The van der Waals surface area contributed by atoms with E-state index in [4.69, 9.17) is 0 Å². The lowest BCUT2D eigenvalue weighted by molar-refractivity contribution is -0.141. The number of halogens is 1. The summed E-state index contributed by atoms with van der Waals surface area (Å²) in [5.41, 5.74) is 1.01. The minimum atomic E-state index is -0.230. The highest BCUT2D eigenvalue weighted by atomic mass is 19.1. The van der Waals surface area contributed by atoms with Gasteiger partial charge in [-0.05, 0) is 37.1 Å². The number of rotatable bonds is 4. The summed E-state index contributed by atoms with van der Waals surface area (Å²) < 4.78 is 13.0. The van der Waals surface area contributed by atoms with Crippen molar-refractivity contribution in [3.8, 4) is 0 Å². The number of piperidine rings is 1. The van der Waals surface area contributed by atoms with Gasteiger partial charge in [0.05, 0.1) is 13.1 Å². The summed E-state index contributed by atoms with van der Waals surface area (Å²) in [6, 6.07) is 6.71. The maximum absolute atomic E-state index is 13.0. The Balaban J connectivity index is 1.50. The van der Waals surface area contributed by atoms with Crippen molar-refractivity contribution in [2.45, 2.75) is 18.9 Å². The van der Waals surface area contributed by atoms with Gasteiger partial charge in [0.2, 0.25) is 11.8 Å². The summed E-state index contributed by atoms with van der Waals surface area (Å²) >= 11 is 0. The fourth-order valence-electron chi connectivity index (χ4n) is 3.45. The van der Waals surface area contributed by atoms with E-state index >= 15 is 0 Å². The first kappa shape index (κ1) is 17.7. The predicted octanol–water partition coefficient (Wildman–Crippen LogP) is 0.685. The third-order valence-electron chi connectivity index (χ3n) is 5.11. The van der Waals surface area contributed by atoms with Gasteiger partial charge in [-0.25, -0.2) is 4.39 Å². The van der Waals surface area contributed by atoms with Crippen molar-refractivity contribution in [1.29, 1.82) is 0 Å². The van der Waals surface area contributed by atoms with E-state index in [1.165, 1.54) is 12.1 Å². The van der Waals surface area contributed by atoms with Gasteiger partial charge < -0.3 is 20.0 Å². The highest BCUT2D eigenvalue weighted by Crippen LogP contribution is 2.22. The van der Waals surface area contributed by atoms with Crippen molar-refractivity contribution < 1.29 is 14.0 Å². The molecule has 1 aromatic carbocycles. The second-order valence-corrected chi connectivity index (χ2v) is 6.69. The molecule has 0 spiro atoms. The maximum atomic E-state index is 13.0. The third-order valence-corrected chi connectivity index (χ3v) is 5.11. The van der Waals surface area contributed by atoms with Gasteiger partial charge in [-0.1, -0.05) is 0 Å². The second-order valence-electron chi connectivity index (χ2n) is 6.69. The number of carbonyl (C=O) groups is 2. The Hall–Kier alpha value is -2.15. The molecule has 1 N–H and O–H groups in total. The molecule has 2 amide bonds. The van der Waals surface area contributed by atoms with Crippen LogP contribution in [0.3, 0.4) is 0 Å². The van der Waals surface area contributed by atoms with E-state index in [0.29, 0.717) is 13.1 Å². The molecule has 3 rings (SSSR count). The van der Waals surface area contributed by atoms with E-state index in [2.05, 4.69) is 10.2 Å². The molecule has 2 heterocycles. The zero-order chi connectivity index (χ0) is 17.8. The van der Waals surface area contributed by atoms with Crippen LogP contribution in [0.25, 0.3) is 0 Å². The molecule has 25 heavy (non-hydrogen) atoms. The highest BCUT2D eigenvalue weighted by Gasteiger charge is 2.28. The molecule has 2 aliphatic heterocycles. The van der Waals surface area contributed by atoms with E-state index < -0.39 is 0 Å². The van der Waals surface area contributed by atoms with Crippen LogP contribution >= 0.6 is 0 Å². The van der Waals surface area contributed by atoms with Gasteiger partial charge in [-0.2, -0.15) is 0 Å². The van der Waals surface area contributed by atoms with Crippen molar-refractivity contribution in [3.63, 3.8) is 0 Å². The molecule has 6 nitrogen and oxygen atoms in total. The zero-order valence-electron chi connectivity index (χ0n) is 14.6. The molecule has 0 aliphatic carbocycles.